The van der Waals surface area contributed by atoms with Crippen molar-refractivity contribution in [2.45, 2.75) is 20.3 Å². The lowest BCUT2D eigenvalue weighted by molar-refractivity contribution is -0.385. The fraction of sp³-hybridized carbons (Fsp3) is 0.192. The summed E-state index contributed by atoms with van der Waals surface area (Å²) in [5, 5.41) is 17.9. The minimum atomic E-state index is -0.529. The average molecular weight is 616 g/mol. The summed E-state index contributed by atoms with van der Waals surface area (Å²) in [6.07, 6.45) is 1.24. The van der Waals surface area contributed by atoms with Gasteiger partial charge in [0.2, 0.25) is 5.91 Å². The Balaban J connectivity index is 1.63. The van der Waals surface area contributed by atoms with Gasteiger partial charge in [-0.25, -0.2) is 5.43 Å². The summed E-state index contributed by atoms with van der Waals surface area (Å²) in [6.45, 7) is 3.95. The Morgan fingerprint density at radius 3 is 2.51 bits per heavy atom. The number of nitrogens with one attached hydrogen (secondary N) is 2. The Morgan fingerprint density at radius 1 is 1.08 bits per heavy atom. The van der Waals surface area contributed by atoms with E-state index in [1.807, 2.05) is 38.1 Å². The van der Waals surface area contributed by atoms with Crippen molar-refractivity contribution < 1.29 is 24.0 Å². The summed E-state index contributed by atoms with van der Waals surface area (Å²) in [6, 6.07) is 16.9. The number of hydrogen-bond donors (Lipinski definition) is 2. The summed E-state index contributed by atoms with van der Waals surface area (Å²) in [7, 11) is 0. The number of nitro groups is 1. The molecule has 37 heavy (non-hydrogen) atoms. The number of anilines is 1. The Labute approximate surface area is 227 Å². The average Bonchev–Trinajstić information content (AvgIpc) is 2.85. The van der Waals surface area contributed by atoms with Crippen molar-refractivity contribution in [2.24, 2.45) is 5.10 Å². The van der Waals surface area contributed by atoms with Gasteiger partial charge in [-0.1, -0.05) is 35.9 Å². The minimum absolute atomic E-state index is 0.124. The highest BCUT2D eigenvalue weighted by molar-refractivity contribution is 14.1. The molecule has 3 aromatic rings. The number of rotatable bonds is 11. The molecule has 0 heterocycles. The largest absolute Gasteiger partial charge is 0.490 e. The maximum absolute atomic E-state index is 12.3. The first-order valence-corrected chi connectivity index (χ1v) is 12.3. The second-order valence-electron chi connectivity index (χ2n) is 7.82. The minimum Gasteiger partial charge on any atom is -0.490 e. The molecule has 0 radical (unpaired) electrons. The number of benzene rings is 3. The number of aryl methyl sites for hydroxylation is 1. The number of nitrogens with zero attached hydrogens (tertiary/aromatic N) is 2. The number of ether oxygens (including phenoxy) is 2. The number of halogens is 1. The highest BCUT2D eigenvalue weighted by atomic mass is 127. The first-order valence-electron chi connectivity index (χ1n) is 11.3. The van der Waals surface area contributed by atoms with Gasteiger partial charge in [-0.3, -0.25) is 19.7 Å². The van der Waals surface area contributed by atoms with E-state index in [0.717, 1.165) is 5.56 Å². The smallest absolute Gasteiger partial charge is 0.273 e. The summed E-state index contributed by atoms with van der Waals surface area (Å²) >= 11 is 2.07. The van der Waals surface area contributed by atoms with Crippen molar-refractivity contribution >= 4 is 52.0 Å². The number of amides is 2. The molecule has 0 aromatic heterocycles. The van der Waals surface area contributed by atoms with E-state index in [1.54, 1.807) is 24.3 Å². The third kappa shape index (κ3) is 8.27. The van der Waals surface area contributed by atoms with Crippen molar-refractivity contribution in [3.8, 4) is 11.5 Å². The fourth-order valence-electron chi connectivity index (χ4n) is 3.27. The maximum Gasteiger partial charge on any atom is 0.273 e. The van der Waals surface area contributed by atoms with Gasteiger partial charge in [0.05, 0.1) is 27.7 Å². The highest BCUT2D eigenvalue weighted by Gasteiger charge is 2.16. The molecular formula is C26H25IN4O6. The van der Waals surface area contributed by atoms with E-state index in [0.29, 0.717) is 38.5 Å². The molecule has 0 aliphatic heterocycles. The quantitative estimate of drug-likeness (QED) is 0.140. The van der Waals surface area contributed by atoms with E-state index < -0.39 is 10.8 Å². The standard InChI is InChI=1S/C26H25IN4O6/c1-3-36-23-13-18(15-28-30-24(32)14-19-6-4-5-7-22(19)31(34)35)12-21(27)26(23)37-16-25(33)29-20-10-8-17(2)9-11-20/h4-13,15H,3,14,16H2,1-2H3,(H,29,33)(H,30,32)/b28-15+. The lowest BCUT2D eigenvalue weighted by Crippen LogP contribution is -2.21. The van der Waals surface area contributed by atoms with Crippen LogP contribution in [-0.2, 0) is 16.0 Å². The van der Waals surface area contributed by atoms with Crippen LogP contribution in [0.2, 0.25) is 0 Å². The van der Waals surface area contributed by atoms with E-state index in [4.69, 9.17) is 9.47 Å². The molecule has 0 saturated heterocycles. The molecule has 0 saturated carbocycles. The SMILES string of the molecule is CCOc1cc(/C=N/NC(=O)Cc2ccccc2[N+](=O)[O-])cc(I)c1OCC(=O)Nc1ccc(C)cc1. The van der Waals surface area contributed by atoms with Crippen LogP contribution in [0.4, 0.5) is 11.4 Å². The van der Waals surface area contributed by atoms with Crippen LogP contribution in [0.25, 0.3) is 0 Å². The van der Waals surface area contributed by atoms with Gasteiger partial charge in [0, 0.05) is 17.3 Å². The molecule has 3 rings (SSSR count). The van der Waals surface area contributed by atoms with Crippen molar-refractivity contribution in [2.75, 3.05) is 18.5 Å². The molecule has 0 aliphatic rings. The zero-order valence-electron chi connectivity index (χ0n) is 20.2. The number of carbonyl (C=O) groups is 2. The second-order valence-corrected chi connectivity index (χ2v) is 8.98. The molecule has 0 bridgehead atoms. The first kappa shape index (κ1) is 27.6. The molecular weight excluding hydrogens is 591 g/mol. The number of hydrazone groups is 1. The Kier molecular flexibility index (Phi) is 9.95. The third-order valence-corrected chi connectivity index (χ3v) is 5.76. The normalized spacial score (nSPS) is 10.7. The molecule has 10 nitrogen and oxygen atoms in total. The lowest BCUT2D eigenvalue weighted by Gasteiger charge is -2.14. The van der Waals surface area contributed by atoms with Crippen molar-refractivity contribution in [1.29, 1.82) is 0 Å². The predicted octanol–water partition coefficient (Wildman–Crippen LogP) is 4.62. The third-order valence-electron chi connectivity index (χ3n) is 4.96. The number of nitro benzene ring substituents is 1. The molecule has 0 aliphatic carbocycles. The van der Waals surface area contributed by atoms with Crippen LogP contribution in [0.5, 0.6) is 11.5 Å². The van der Waals surface area contributed by atoms with Gasteiger partial charge in [0.15, 0.2) is 18.1 Å². The van der Waals surface area contributed by atoms with Crippen LogP contribution in [0.3, 0.4) is 0 Å². The number of carbonyl (C=O) groups excluding carboxylic acids is 2. The van der Waals surface area contributed by atoms with Gasteiger partial charge < -0.3 is 14.8 Å². The van der Waals surface area contributed by atoms with Crippen LogP contribution in [0, 0.1) is 20.6 Å². The van der Waals surface area contributed by atoms with Crippen LogP contribution in [0.15, 0.2) is 65.8 Å². The molecule has 2 amide bonds. The lowest BCUT2D eigenvalue weighted by atomic mass is 10.1. The molecule has 0 fully saturated rings. The van der Waals surface area contributed by atoms with E-state index in [1.165, 1.54) is 18.3 Å². The Morgan fingerprint density at radius 2 is 1.81 bits per heavy atom. The Bertz CT molecular complexity index is 1310. The molecule has 3 aromatic carbocycles. The maximum atomic E-state index is 12.3. The van der Waals surface area contributed by atoms with E-state index in [-0.39, 0.29) is 24.6 Å². The second kappa shape index (κ2) is 13.3. The predicted molar refractivity (Wildman–Crippen MR) is 148 cm³/mol. The summed E-state index contributed by atoms with van der Waals surface area (Å²) < 4.78 is 12.1. The van der Waals surface area contributed by atoms with Crippen LogP contribution >= 0.6 is 22.6 Å². The molecule has 0 spiro atoms. The van der Waals surface area contributed by atoms with Gasteiger partial charge in [0.1, 0.15) is 0 Å². The zero-order chi connectivity index (χ0) is 26.8. The summed E-state index contributed by atoms with van der Waals surface area (Å²) in [4.78, 5) is 35.2. The molecule has 192 valence electrons. The van der Waals surface area contributed by atoms with Gasteiger partial charge in [-0.05, 0) is 66.3 Å². The van der Waals surface area contributed by atoms with Gasteiger partial charge >= 0.3 is 0 Å². The van der Waals surface area contributed by atoms with E-state index in [9.17, 15) is 19.7 Å². The van der Waals surface area contributed by atoms with Gasteiger partial charge in [0.25, 0.3) is 11.6 Å². The monoisotopic (exact) mass is 616 g/mol. The van der Waals surface area contributed by atoms with E-state index in [2.05, 4.69) is 38.4 Å². The number of para-hydroxylation sites is 1. The first-order chi connectivity index (χ1) is 17.8. The highest BCUT2D eigenvalue weighted by Crippen LogP contribution is 2.34. The van der Waals surface area contributed by atoms with Crippen LogP contribution in [0.1, 0.15) is 23.6 Å². The molecule has 0 atom stereocenters. The Hall–Kier alpha value is -4.00. The number of hydrogen-bond acceptors (Lipinski definition) is 7. The van der Waals surface area contributed by atoms with Crippen molar-refractivity contribution in [3.63, 3.8) is 0 Å². The van der Waals surface area contributed by atoms with Crippen molar-refractivity contribution in [3.05, 3.63) is 91.0 Å². The summed E-state index contributed by atoms with van der Waals surface area (Å²) in [5.74, 6) is 0.0308. The fourth-order valence-corrected chi connectivity index (χ4v) is 4.05. The van der Waals surface area contributed by atoms with E-state index >= 15 is 0 Å². The van der Waals surface area contributed by atoms with Crippen molar-refractivity contribution in [1.82, 2.24) is 5.43 Å². The van der Waals surface area contributed by atoms with Gasteiger partial charge in [-0.15, -0.1) is 0 Å². The van der Waals surface area contributed by atoms with Crippen LogP contribution < -0.4 is 20.2 Å². The molecule has 11 heteroatoms. The molecule has 2 N–H and O–H groups in total. The van der Waals surface area contributed by atoms with Gasteiger partial charge in [-0.2, -0.15) is 5.10 Å². The topological polar surface area (TPSA) is 132 Å². The van der Waals surface area contributed by atoms with Crippen LogP contribution in [-0.4, -0.2) is 36.2 Å². The molecule has 0 unspecified atom stereocenters. The summed E-state index contributed by atoms with van der Waals surface area (Å²) in [5.41, 5.74) is 4.93. The zero-order valence-corrected chi connectivity index (χ0v) is 22.4.